The predicted octanol–water partition coefficient (Wildman–Crippen LogP) is -0.0981. The van der Waals surface area contributed by atoms with Gasteiger partial charge in [0.2, 0.25) is 0 Å². The summed E-state index contributed by atoms with van der Waals surface area (Å²) in [6.07, 6.45) is 0.427. The molecule has 4 N–H and O–H groups in total. The first-order valence-electron chi connectivity index (χ1n) is 7.23. The highest BCUT2D eigenvalue weighted by atomic mass is 35.5. The van der Waals surface area contributed by atoms with Crippen LogP contribution in [-0.4, -0.2) is 81.6 Å². The fourth-order valence-corrected chi connectivity index (χ4v) is 4.90. The van der Waals surface area contributed by atoms with Crippen LogP contribution in [0.4, 0.5) is 0 Å². The van der Waals surface area contributed by atoms with E-state index in [9.17, 15) is 10.2 Å². The maximum absolute atomic E-state index is 9.86. The first kappa shape index (κ1) is 18.2. The third-order valence-electron chi connectivity index (χ3n) is 3.73. The fraction of sp³-hybridized carbons (Fsp3) is 0.615. The summed E-state index contributed by atoms with van der Waals surface area (Å²) in [7, 11) is 0. The molecular weight excluding hydrogens is 376 g/mol. The molecule has 11 heteroatoms. The Kier molecular flexibility index (Phi) is 5.85. The second-order valence-corrected chi connectivity index (χ2v) is 8.03. The average molecular weight is 393 g/mol. The number of fused-ring (bicyclic) bond motifs is 1. The van der Waals surface area contributed by atoms with Gasteiger partial charge in [0, 0.05) is 17.3 Å². The molecule has 0 aromatic carbocycles. The van der Waals surface area contributed by atoms with Crippen molar-refractivity contribution in [3.8, 4) is 0 Å². The molecule has 0 amide bonds. The van der Waals surface area contributed by atoms with E-state index >= 15 is 0 Å². The van der Waals surface area contributed by atoms with E-state index in [1.54, 1.807) is 22.7 Å². The molecule has 132 valence electrons. The molecule has 0 saturated carbocycles. The Morgan fingerprint density at radius 2 is 1.71 bits per heavy atom. The van der Waals surface area contributed by atoms with E-state index in [4.69, 9.17) is 21.8 Å². The van der Waals surface area contributed by atoms with E-state index in [-0.39, 0.29) is 10.5 Å². The second kappa shape index (κ2) is 7.73. The van der Waals surface area contributed by atoms with Crippen molar-refractivity contribution in [3.05, 3.63) is 17.8 Å². The Morgan fingerprint density at radius 3 is 2.25 bits per heavy atom. The van der Waals surface area contributed by atoms with E-state index in [1.807, 2.05) is 0 Å². The maximum atomic E-state index is 9.86. The van der Waals surface area contributed by atoms with Gasteiger partial charge in [0.05, 0.1) is 24.6 Å². The summed E-state index contributed by atoms with van der Waals surface area (Å²) in [6, 6.07) is 0. The SMILES string of the molecule is OC1CSCC1O.O[C@H]1[C@H](O)CS[C@H]1n1cnc2c(Cl)ncnc21. The third kappa shape index (κ3) is 3.64. The lowest BCUT2D eigenvalue weighted by Gasteiger charge is -2.16. The van der Waals surface area contributed by atoms with Crippen molar-refractivity contribution in [3.63, 3.8) is 0 Å². The first-order valence-corrected chi connectivity index (χ1v) is 9.82. The Labute approximate surface area is 151 Å². The van der Waals surface area contributed by atoms with Crippen molar-refractivity contribution < 1.29 is 20.4 Å². The largest absolute Gasteiger partial charge is 0.390 e. The van der Waals surface area contributed by atoms with Gasteiger partial charge in [-0.15, -0.1) is 11.8 Å². The molecule has 2 aliphatic heterocycles. The van der Waals surface area contributed by atoms with Crippen LogP contribution in [-0.2, 0) is 0 Å². The quantitative estimate of drug-likeness (QED) is 0.492. The molecular formula is C13H17ClN4O4S2. The molecule has 4 rings (SSSR count). The van der Waals surface area contributed by atoms with Gasteiger partial charge in [-0.1, -0.05) is 11.6 Å². The number of aromatic nitrogens is 4. The predicted molar refractivity (Wildman–Crippen MR) is 93.2 cm³/mol. The van der Waals surface area contributed by atoms with Crippen LogP contribution in [0.25, 0.3) is 11.2 Å². The highest BCUT2D eigenvalue weighted by Gasteiger charge is 2.36. The van der Waals surface area contributed by atoms with E-state index in [0.717, 1.165) is 0 Å². The van der Waals surface area contributed by atoms with Crippen molar-refractivity contribution in [2.24, 2.45) is 0 Å². The van der Waals surface area contributed by atoms with Gasteiger partial charge < -0.3 is 20.4 Å². The van der Waals surface area contributed by atoms with Crippen molar-refractivity contribution in [2.45, 2.75) is 29.8 Å². The smallest absolute Gasteiger partial charge is 0.165 e. The summed E-state index contributed by atoms with van der Waals surface area (Å²) in [6.45, 7) is 0. The third-order valence-corrected chi connectivity index (χ3v) is 6.55. The molecule has 2 aromatic rings. The number of halogens is 1. The maximum Gasteiger partial charge on any atom is 0.165 e. The lowest BCUT2D eigenvalue weighted by molar-refractivity contribution is 0.0313. The molecule has 0 spiro atoms. The number of hydrogen-bond donors (Lipinski definition) is 4. The van der Waals surface area contributed by atoms with Gasteiger partial charge in [-0.05, 0) is 0 Å². The fourth-order valence-electron chi connectivity index (χ4n) is 2.37. The van der Waals surface area contributed by atoms with Gasteiger partial charge in [0.15, 0.2) is 10.8 Å². The molecule has 0 aliphatic carbocycles. The van der Waals surface area contributed by atoms with Gasteiger partial charge in [-0.25, -0.2) is 15.0 Å². The van der Waals surface area contributed by atoms with Crippen LogP contribution < -0.4 is 0 Å². The monoisotopic (exact) mass is 392 g/mol. The highest BCUT2D eigenvalue weighted by Crippen LogP contribution is 2.38. The minimum absolute atomic E-state index is 0.284. The highest BCUT2D eigenvalue weighted by molar-refractivity contribution is 7.99. The molecule has 5 atom stereocenters. The Balaban J connectivity index is 0.000000203. The van der Waals surface area contributed by atoms with Gasteiger partial charge in [0.25, 0.3) is 0 Å². The van der Waals surface area contributed by atoms with Crippen molar-refractivity contribution in [1.82, 2.24) is 19.5 Å². The van der Waals surface area contributed by atoms with Crippen LogP contribution in [0.5, 0.6) is 0 Å². The van der Waals surface area contributed by atoms with Crippen LogP contribution >= 0.6 is 35.1 Å². The van der Waals surface area contributed by atoms with E-state index in [1.165, 1.54) is 18.1 Å². The molecule has 2 unspecified atom stereocenters. The summed E-state index contributed by atoms with van der Waals surface area (Å²) in [5.74, 6) is 1.88. The topological polar surface area (TPSA) is 125 Å². The summed E-state index contributed by atoms with van der Waals surface area (Å²) < 4.78 is 1.72. The number of nitrogens with zero attached hydrogens (tertiary/aromatic N) is 4. The molecule has 0 radical (unpaired) electrons. The molecule has 2 fully saturated rings. The lowest BCUT2D eigenvalue weighted by atomic mass is 10.2. The normalized spacial score (nSPS) is 32.8. The van der Waals surface area contributed by atoms with Crippen LogP contribution in [0.2, 0.25) is 5.15 Å². The molecule has 2 aliphatic rings. The number of rotatable bonds is 1. The van der Waals surface area contributed by atoms with Crippen LogP contribution in [0, 0.1) is 0 Å². The van der Waals surface area contributed by atoms with Crippen LogP contribution in [0.1, 0.15) is 5.37 Å². The molecule has 24 heavy (non-hydrogen) atoms. The molecule has 2 saturated heterocycles. The number of thioether (sulfide) groups is 2. The Morgan fingerprint density at radius 1 is 1.00 bits per heavy atom. The lowest BCUT2D eigenvalue weighted by Crippen LogP contribution is -2.27. The second-order valence-electron chi connectivity index (χ2n) is 5.44. The van der Waals surface area contributed by atoms with Gasteiger partial charge >= 0.3 is 0 Å². The average Bonchev–Trinajstić information content (AvgIpc) is 3.23. The van der Waals surface area contributed by atoms with Gasteiger partial charge in [-0.2, -0.15) is 11.8 Å². The van der Waals surface area contributed by atoms with E-state index < -0.39 is 24.4 Å². The van der Waals surface area contributed by atoms with Gasteiger partial charge in [-0.3, -0.25) is 4.57 Å². The summed E-state index contributed by atoms with van der Waals surface area (Å²) >= 11 is 8.94. The zero-order chi connectivity index (χ0) is 17.3. The van der Waals surface area contributed by atoms with Crippen LogP contribution in [0.3, 0.4) is 0 Å². The minimum atomic E-state index is -0.828. The standard InChI is InChI=1S/C9H9ClN4O2S.C4H8O2S/c10-7-5-8(12-2-11-7)14(3-13-5)9-6(16)4(15)1-17-9;5-3-1-7-2-4(3)6/h2-4,6,9,15-16H,1H2;3-6H,1-2H2/t4-,6+,9-;/m1./s1. The number of hydrogen-bond acceptors (Lipinski definition) is 9. The molecule has 8 nitrogen and oxygen atoms in total. The first-order chi connectivity index (χ1) is 11.5. The summed E-state index contributed by atoms with van der Waals surface area (Å²) in [5, 5.41) is 36.8. The number of aliphatic hydroxyl groups is 4. The minimum Gasteiger partial charge on any atom is -0.390 e. The van der Waals surface area contributed by atoms with Crippen LogP contribution in [0.15, 0.2) is 12.7 Å². The number of aliphatic hydroxyl groups excluding tert-OH is 4. The Hall–Kier alpha value is -0.620. The van der Waals surface area contributed by atoms with Crippen molar-refractivity contribution in [1.29, 1.82) is 0 Å². The molecule has 0 bridgehead atoms. The molecule has 4 heterocycles. The molecule has 2 aromatic heterocycles. The summed E-state index contributed by atoms with van der Waals surface area (Å²) in [5.41, 5.74) is 1.07. The van der Waals surface area contributed by atoms with E-state index in [2.05, 4.69) is 15.0 Å². The summed E-state index contributed by atoms with van der Waals surface area (Å²) in [4.78, 5) is 12.1. The Bertz CT molecular complexity index is 698. The zero-order valence-corrected chi connectivity index (χ0v) is 14.8. The zero-order valence-electron chi connectivity index (χ0n) is 12.4. The van der Waals surface area contributed by atoms with Crippen molar-refractivity contribution >= 4 is 46.3 Å². The van der Waals surface area contributed by atoms with Crippen molar-refractivity contribution in [2.75, 3.05) is 17.3 Å². The van der Waals surface area contributed by atoms with Gasteiger partial charge in [0.1, 0.15) is 23.3 Å². The number of imidazole rings is 1. The van der Waals surface area contributed by atoms with E-state index in [0.29, 0.717) is 28.4 Å².